The van der Waals surface area contributed by atoms with Crippen molar-refractivity contribution in [1.82, 2.24) is 24.8 Å². The molecular formula is C26H30FN7O4. The van der Waals surface area contributed by atoms with Gasteiger partial charge in [-0.05, 0) is 37.5 Å². The summed E-state index contributed by atoms with van der Waals surface area (Å²) in [7, 11) is 1.93. The molecule has 2 bridgehead atoms. The summed E-state index contributed by atoms with van der Waals surface area (Å²) < 4.78 is 27.0. The number of fused-ring (bicyclic) bond motifs is 4. The Bertz CT molecular complexity index is 1380. The Hall–Kier alpha value is -3.93. The number of likely N-dealkylation sites (N-methyl/N-ethyl adjacent to an activating group) is 1. The van der Waals surface area contributed by atoms with Crippen molar-refractivity contribution < 1.29 is 23.5 Å². The number of benzene rings is 1. The van der Waals surface area contributed by atoms with Crippen molar-refractivity contribution in [2.75, 3.05) is 56.7 Å². The van der Waals surface area contributed by atoms with Crippen molar-refractivity contribution >= 4 is 29.1 Å². The fourth-order valence-corrected chi connectivity index (χ4v) is 5.12. The number of aromatic nitrogens is 3. The number of carbonyl (C=O) groups is 2. The highest BCUT2D eigenvalue weighted by Crippen LogP contribution is 2.35. The summed E-state index contributed by atoms with van der Waals surface area (Å²) in [6, 6.07) is 7.52. The van der Waals surface area contributed by atoms with Gasteiger partial charge in [0.15, 0.2) is 12.3 Å². The Morgan fingerprint density at radius 2 is 2.00 bits per heavy atom. The molecule has 1 atom stereocenters. The number of nitrogens with one attached hydrogen (secondary N) is 2. The highest BCUT2D eigenvalue weighted by molar-refractivity contribution is 5.97. The molecule has 0 radical (unpaired) electrons. The Labute approximate surface area is 218 Å². The van der Waals surface area contributed by atoms with E-state index in [2.05, 4.69) is 10.6 Å². The molecule has 1 aromatic carbocycles. The van der Waals surface area contributed by atoms with E-state index in [9.17, 15) is 14.0 Å². The van der Waals surface area contributed by atoms with E-state index in [4.69, 9.17) is 19.6 Å². The predicted molar refractivity (Wildman–Crippen MR) is 137 cm³/mol. The number of amides is 2. The third-order valence-electron chi connectivity index (χ3n) is 7.21. The third kappa shape index (κ3) is 4.71. The average Bonchev–Trinajstić information content (AvgIpc) is 3.32. The van der Waals surface area contributed by atoms with Crippen LogP contribution in [-0.2, 0) is 9.53 Å². The number of anilines is 2. The van der Waals surface area contributed by atoms with Gasteiger partial charge in [0, 0.05) is 38.8 Å². The molecule has 11 nitrogen and oxygen atoms in total. The standard InChI is InChI=1S/C26H30FN7O4/c1-32-9-7-28-24(35)15-38-21-6-5-16(27)10-18(21)26(36)33-8-3-2-4-20(33)19-11-23-30-22(29-17-13-37-14-17)12-25(32)34(23)31-19/h5-6,10-12,17,20H,2-4,7-9,13-15H2,1H3,(H,28,35)(H,29,30). The molecule has 38 heavy (non-hydrogen) atoms. The minimum Gasteiger partial charge on any atom is -0.483 e. The third-order valence-corrected chi connectivity index (χ3v) is 7.21. The molecule has 12 heteroatoms. The molecular weight excluding hydrogens is 493 g/mol. The average molecular weight is 524 g/mol. The van der Waals surface area contributed by atoms with E-state index in [0.717, 1.165) is 30.8 Å². The zero-order valence-electron chi connectivity index (χ0n) is 21.2. The number of piperidine rings is 1. The Balaban J connectivity index is 1.44. The minimum atomic E-state index is -0.547. The molecule has 0 aliphatic carbocycles. The van der Waals surface area contributed by atoms with Crippen LogP contribution in [0.5, 0.6) is 5.75 Å². The molecule has 0 spiro atoms. The maximum atomic E-state index is 14.3. The van der Waals surface area contributed by atoms with Crippen LogP contribution < -0.4 is 20.3 Å². The summed E-state index contributed by atoms with van der Waals surface area (Å²) in [6.45, 7) is 2.35. The van der Waals surface area contributed by atoms with Crippen LogP contribution in [0.4, 0.5) is 16.0 Å². The first-order chi connectivity index (χ1) is 18.5. The molecule has 5 heterocycles. The van der Waals surface area contributed by atoms with Crippen molar-refractivity contribution in [3.63, 3.8) is 0 Å². The highest BCUT2D eigenvalue weighted by atomic mass is 19.1. The van der Waals surface area contributed by atoms with Crippen molar-refractivity contribution in [2.24, 2.45) is 0 Å². The van der Waals surface area contributed by atoms with E-state index in [1.807, 2.05) is 24.1 Å². The number of ether oxygens (including phenoxy) is 2. The molecule has 2 N–H and O–H groups in total. The SMILES string of the molecule is CN1CCNC(=O)COc2ccc(F)cc2C(=O)N2CCCCC2c2cc3nc(NC4COC4)cc1n3n2. The van der Waals surface area contributed by atoms with Crippen molar-refractivity contribution in [1.29, 1.82) is 0 Å². The van der Waals surface area contributed by atoms with E-state index in [1.54, 1.807) is 9.42 Å². The fraction of sp³-hybridized carbons (Fsp3) is 0.462. The van der Waals surface area contributed by atoms with Crippen LogP contribution in [-0.4, -0.2) is 83.9 Å². The van der Waals surface area contributed by atoms with Gasteiger partial charge >= 0.3 is 0 Å². The fourth-order valence-electron chi connectivity index (χ4n) is 5.12. The van der Waals surface area contributed by atoms with Gasteiger partial charge in [0.1, 0.15) is 23.2 Å². The van der Waals surface area contributed by atoms with Gasteiger partial charge in [-0.15, -0.1) is 0 Å². The molecule has 3 aliphatic rings. The van der Waals surface area contributed by atoms with E-state index in [0.29, 0.717) is 44.3 Å². The molecule has 0 saturated carbocycles. The topological polar surface area (TPSA) is 113 Å². The number of carbonyl (C=O) groups excluding carboxylic acids is 2. The van der Waals surface area contributed by atoms with E-state index in [-0.39, 0.29) is 41.8 Å². The van der Waals surface area contributed by atoms with Crippen molar-refractivity contribution in [3.8, 4) is 5.75 Å². The van der Waals surface area contributed by atoms with Crippen LogP contribution in [0.3, 0.4) is 0 Å². The zero-order chi connectivity index (χ0) is 26.2. The van der Waals surface area contributed by atoms with Gasteiger partial charge in [0.25, 0.3) is 11.8 Å². The highest BCUT2D eigenvalue weighted by Gasteiger charge is 2.33. The van der Waals surface area contributed by atoms with Crippen LogP contribution in [0, 0.1) is 5.82 Å². The molecule has 2 fully saturated rings. The second-order valence-corrected chi connectivity index (χ2v) is 9.93. The van der Waals surface area contributed by atoms with E-state index < -0.39 is 5.82 Å². The Kier molecular flexibility index (Phi) is 6.48. The van der Waals surface area contributed by atoms with Gasteiger partial charge in [0.2, 0.25) is 0 Å². The largest absolute Gasteiger partial charge is 0.483 e. The summed E-state index contributed by atoms with van der Waals surface area (Å²) in [5.41, 5.74) is 1.46. The molecule has 1 unspecified atom stereocenters. The van der Waals surface area contributed by atoms with E-state index in [1.165, 1.54) is 18.2 Å². The molecule has 2 saturated heterocycles. The lowest BCUT2D eigenvalue weighted by Gasteiger charge is -2.35. The maximum Gasteiger partial charge on any atom is 0.258 e. The van der Waals surface area contributed by atoms with Gasteiger partial charge in [-0.1, -0.05) is 0 Å². The molecule has 3 aliphatic heterocycles. The second-order valence-electron chi connectivity index (χ2n) is 9.93. The zero-order valence-corrected chi connectivity index (χ0v) is 21.2. The van der Waals surface area contributed by atoms with Crippen LogP contribution in [0.2, 0.25) is 0 Å². The first-order valence-corrected chi connectivity index (χ1v) is 12.9. The van der Waals surface area contributed by atoms with Crippen LogP contribution in [0.1, 0.15) is 41.4 Å². The lowest BCUT2D eigenvalue weighted by atomic mass is 9.98. The smallest absolute Gasteiger partial charge is 0.258 e. The number of hydrogen-bond acceptors (Lipinski definition) is 8. The first kappa shape index (κ1) is 24.4. The molecule has 2 amide bonds. The number of nitrogens with zero attached hydrogens (tertiary/aromatic N) is 5. The van der Waals surface area contributed by atoms with Gasteiger partial charge < -0.3 is 29.9 Å². The van der Waals surface area contributed by atoms with Gasteiger partial charge in [-0.2, -0.15) is 9.61 Å². The molecule has 200 valence electrons. The van der Waals surface area contributed by atoms with Crippen LogP contribution in [0.15, 0.2) is 30.3 Å². The summed E-state index contributed by atoms with van der Waals surface area (Å²) >= 11 is 0. The van der Waals surface area contributed by atoms with Crippen LogP contribution in [0.25, 0.3) is 5.65 Å². The number of rotatable bonds is 2. The van der Waals surface area contributed by atoms with Crippen molar-refractivity contribution in [2.45, 2.75) is 31.3 Å². The van der Waals surface area contributed by atoms with Crippen molar-refractivity contribution in [3.05, 3.63) is 47.4 Å². The van der Waals surface area contributed by atoms with E-state index >= 15 is 0 Å². The Morgan fingerprint density at radius 1 is 1.13 bits per heavy atom. The number of halogens is 1. The molecule has 3 aromatic rings. The van der Waals surface area contributed by atoms with Gasteiger partial charge in [0.05, 0.1) is 36.6 Å². The summed E-state index contributed by atoms with van der Waals surface area (Å²) in [6.07, 6.45) is 2.48. The van der Waals surface area contributed by atoms with Gasteiger partial charge in [-0.25, -0.2) is 9.37 Å². The first-order valence-electron chi connectivity index (χ1n) is 12.9. The summed E-state index contributed by atoms with van der Waals surface area (Å²) in [5.74, 6) is 0.437. The monoisotopic (exact) mass is 523 g/mol. The normalized spacial score (nSPS) is 20.9. The number of hydrogen-bond donors (Lipinski definition) is 2. The lowest BCUT2D eigenvalue weighted by molar-refractivity contribution is -0.123. The maximum absolute atomic E-state index is 14.3. The Morgan fingerprint density at radius 3 is 2.82 bits per heavy atom. The minimum absolute atomic E-state index is 0.0910. The van der Waals surface area contributed by atoms with Gasteiger partial charge in [-0.3, -0.25) is 9.59 Å². The second kappa shape index (κ2) is 10.1. The summed E-state index contributed by atoms with van der Waals surface area (Å²) in [4.78, 5) is 34.8. The summed E-state index contributed by atoms with van der Waals surface area (Å²) in [5, 5.41) is 11.2. The predicted octanol–water partition coefficient (Wildman–Crippen LogP) is 1.99. The van der Waals surface area contributed by atoms with Crippen LogP contribution >= 0.6 is 0 Å². The quantitative estimate of drug-likeness (QED) is 0.525. The molecule has 2 aromatic heterocycles. The lowest BCUT2D eigenvalue weighted by Crippen LogP contribution is -2.40. The molecule has 6 rings (SSSR count).